The number of hydrogen-bond donors (Lipinski definition) is 2. The van der Waals surface area contributed by atoms with Crippen molar-refractivity contribution in [1.82, 2.24) is 10.2 Å². The first-order valence-electron chi connectivity index (χ1n) is 3.43. The van der Waals surface area contributed by atoms with E-state index in [1.165, 1.54) is 0 Å². The molecule has 10 heavy (non-hydrogen) atoms. The molecule has 1 aromatic rings. The molecule has 0 saturated carbocycles. The summed E-state index contributed by atoms with van der Waals surface area (Å²) < 4.78 is 0. The van der Waals surface area contributed by atoms with E-state index in [2.05, 4.69) is 10.2 Å². The van der Waals surface area contributed by atoms with E-state index in [-0.39, 0.29) is 6.61 Å². The summed E-state index contributed by atoms with van der Waals surface area (Å²) in [6.45, 7) is 4.03. The standard InChI is InChI=1S/C7H12N2O/c1-3-7-6(4-10)5(2)8-9-7/h10H,3-4H2,1-2H3,(H,8,9). The number of aromatic amines is 1. The van der Waals surface area contributed by atoms with Crippen LogP contribution < -0.4 is 0 Å². The highest BCUT2D eigenvalue weighted by atomic mass is 16.3. The molecule has 3 nitrogen and oxygen atoms in total. The van der Waals surface area contributed by atoms with Crippen molar-refractivity contribution in [2.24, 2.45) is 0 Å². The summed E-state index contributed by atoms with van der Waals surface area (Å²) in [4.78, 5) is 0. The van der Waals surface area contributed by atoms with Crippen molar-refractivity contribution in [3.8, 4) is 0 Å². The summed E-state index contributed by atoms with van der Waals surface area (Å²) in [6.07, 6.45) is 0.875. The Hall–Kier alpha value is -0.830. The summed E-state index contributed by atoms with van der Waals surface area (Å²) >= 11 is 0. The topological polar surface area (TPSA) is 48.9 Å². The Labute approximate surface area is 60.1 Å². The lowest BCUT2D eigenvalue weighted by molar-refractivity contribution is 0.280. The van der Waals surface area contributed by atoms with E-state index in [1.807, 2.05) is 13.8 Å². The highest BCUT2D eigenvalue weighted by molar-refractivity contribution is 5.22. The van der Waals surface area contributed by atoms with Gasteiger partial charge in [0.05, 0.1) is 12.3 Å². The Morgan fingerprint density at radius 1 is 1.60 bits per heavy atom. The average molecular weight is 140 g/mol. The molecule has 0 aliphatic rings. The average Bonchev–Trinajstić information content (AvgIpc) is 2.30. The highest BCUT2D eigenvalue weighted by Gasteiger charge is 2.05. The Balaban J connectivity index is 3.01. The molecule has 3 heteroatoms. The van der Waals surface area contributed by atoms with E-state index < -0.39 is 0 Å². The molecule has 0 amide bonds. The normalized spacial score (nSPS) is 10.3. The molecule has 1 rings (SSSR count). The number of nitrogens with one attached hydrogen (secondary N) is 1. The van der Waals surface area contributed by atoms with Gasteiger partial charge in [0.1, 0.15) is 0 Å². The summed E-state index contributed by atoms with van der Waals surface area (Å²) in [5.41, 5.74) is 2.89. The third kappa shape index (κ3) is 1.04. The van der Waals surface area contributed by atoms with Gasteiger partial charge in [-0.2, -0.15) is 5.10 Å². The molecule has 0 unspecified atom stereocenters. The number of H-pyrrole nitrogens is 1. The summed E-state index contributed by atoms with van der Waals surface area (Å²) in [6, 6.07) is 0. The summed E-state index contributed by atoms with van der Waals surface area (Å²) in [5.74, 6) is 0. The van der Waals surface area contributed by atoms with E-state index in [9.17, 15) is 0 Å². The molecule has 0 aliphatic heterocycles. The van der Waals surface area contributed by atoms with Gasteiger partial charge in [-0.25, -0.2) is 0 Å². The van der Waals surface area contributed by atoms with E-state index in [4.69, 9.17) is 5.11 Å². The maximum Gasteiger partial charge on any atom is 0.0718 e. The Morgan fingerprint density at radius 3 is 2.70 bits per heavy atom. The van der Waals surface area contributed by atoms with Crippen molar-refractivity contribution in [1.29, 1.82) is 0 Å². The maximum atomic E-state index is 8.86. The van der Waals surface area contributed by atoms with Crippen molar-refractivity contribution >= 4 is 0 Å². The first-order valence-corrected chi connectivity index (χ1v) is 3.43. The van der Waals surface area contributed by atoms with Gasteiger partial charge in [-0.3, -0.25) is 5.10 Å². The van der Waals surface area contributed by atoms with Crippen LogP contribution in [0.15, 0.2) is 0 Å². The van der Waals surface area contributed by atoms with Gasteiger partial charge in [-0.15, -0.1) is 0 Å². The molecule has 0 aliphatic carbocycles. The fourth-order valence-corrected chi connectivity index (χ4v) is 1.01. The minimum atomic E-state index is 0.0888. The molecule has 0 atom stereocenters. The van der Waals surface area contributed by atoms with Crippen LogP contribution in [0.1, 0.15) is 23.9 Å². The molecule has 0 fully saturated rings. The molecule has 0 spiro atoms. The van der Waals surface area contributed by atoms with Crippen molar-refractivity contribution in [2.45, 2.75) is 26.9 Å². The van der Waals surface area contributed by atoms with E-state index in [0.29, 0.717) is 0 Å². The van der Waals surface area contributed by atoms with Crippen molar-refractivity contribution in [2.75, 3.05) is 0 Å². The number of hydrogen-bond acceptors (Lipinski definition) is 2. The van der Waals surface area contributed by atoms with Crippen molar-refractivity contribution in [3.05, 3.63) is 17.0 Å². The second-order valence-corrected chi connectivity index (χ2v) is 2.29. The summed E-state index contributed by atoms with van der Waals surface area (Å²) in [7, 11) is 0. The molecule has 0 bridgehead atoms. The van der Waals surface area contributed by atoms with Gasteiger partial charge in [0.25, 0.3) is 0 Å². The zero-order chi connectivity index (χ0) is 7.56. The molecule has 2 N–H and O–H groups in total. The number of aryl methyl sites for hydroxylation is 2. The zero-order valence-electron chi connectivity index (χ0n) is 6.31. The Kier molecular flexibility index (Phi) is 2.06. The van der Waals surface area contributed by atoms with Crippen LogP contribution in [-0.4, -0.2) is 15.3 Å². The maximum absolute atomic E-state index is 8.86. The number of rotatable bonds is 2. The first-order chi connectivity index (χ1) is 4.79. The molecule has 1 heterocycles. The van der Waals surface area contributed by atoms with Crippen LogP contribution in [0, 0.1) is 6.92 Å². The lowest BCUT2D eigenvalue weighted by Crippen LogP contribution is -1.89. The number of aliphatic hydroxyl groups excluding tert-OH is 1. The predicted octanol–water partition coefficient (Wildman–Crippen LogP) is 0.773. The van der Waals surface area contributed by atoms with Gasteiger partial charge in [0.2, 0.25) is 0 Å². The van der Waals surface area contributed by atoms with Gasteiger partial charge in [0.15, 0.2) is 0 Å². The largest absolute Gasteiger partial charge is 0.392 e. The third-order valence-electron chi connectivity index (χ3n) is 1.65. The second-order valence-electron chi connectivity index (χ2n) is 2.29. The molecule has 56 valence electrons. The lowest BCUT2D eigenvalue weighted by atomic mass is 10.2. The molecule has 0 radical (unpaired) electrons. The second kappa shape index (κ2) is 2.84. The minimum absolute atomic E-state index is 0.0888. The van der Waals surface area contributed by atoms with E-state index in [1.54, 1.807) is 0 Å². The van der Waals surface area contributed by atoms with E-state index in [0.717, 1.165) is 23.4 Å². The van der Waals surface area contributed by atoms with Crippen molar-refractivity contribution in [3.63, 3.8) is 0 Å². The monoisotopic (exact) mass is 140 g/mol. The zero-order valence-corrected chi connectivity index (χ0v) is 6.31. The fourth-order valence-electron chi connectivity index (χ4n) is 1.01. The van der Waals surface area contributed by atoms with Crippen LogP contribution in [0.3, 0.4) is 0 Å². The van der Waals surface area contributed by atoms with Gasteiger partial charge in [0, 0.05) is 11.3 Å². The smallest absolute Gasteiger partial charge is 0.0718 e. The third-order valence-corrected chi connectivity index (χ3v) is 1.65. The van der Waals surface area contributed by atoms with Gasteiger partial charge in [-0.1, -0.05) is 6.92 Å². The number of aliphatic hydroxyl groups is 1. The molecule has 0 aromatic carbocycles. The minimum Gasteiger partial charge on any atom is -0.392 e. The highest BCUT2D eigenvalue weighted by Crippen LogP contribution is 2.09. The SMILES string of the molecule is CCc1n[nH]c(C)c1CO. The molecule has 0 saturated heterocycles. The van der Waals surface area contributed by atoms with Crippen LogP contribution in [0.2, 0.25) is 0 Å². The first kappa shape index (κ1) is 7.28. The quantitative estimate of drug-likeness (QED) is 0.637. The van der Waals surface area contributed by atoms with Crippen molar-refractivity contribution < 1.29 is 5.11 Å². The molecular formula is C7H12N2O. The van der Waals surface area contributed by atoms with Gasteiger partial charge >= 0.3 is 0 Å². The van der Waals surface area contributed by atoms with Gasteiger partial charge in [-0.05, 0) is 13.3 Å². The van der Waals surface area contributed by atoms with Gasteiger partial charge < -0.3 is 5.11 Å². The fraction of sp³-hybridized carbons (Fsp3) is 0.571. The summed E-state index contributed by atoms with van der Waals surface area (Å²) in [5, 5.41) is 15.7. The van der Waals surface area contributed by atoms with Crippen LogP contribution >= 0.6 is 0 Å². The molecular weight excluding hydrogens is 128 g/mol. The van der Waals surface area contributed by atoms with Crippen LogP contribution in [-0.2, 0) is 13.0 Å². The molecule has 1 aromatic heterocycles. The Bertz CT molecular complexity index is 217. The number of nitrogens with zero attached hydrogens (tertiary/aromatic N) is 1. The van der Waals surface area contributed by atoms with Crippen LogP contribution in [0.25, 0.3) is 0 Å². The lowest BCUT2D eigenvalue weighted by Gasteiger charge is -1.93. The van der Waals surface area contributed by atoms with Crippen LogP contribution in [0.5, 0.6) is 0 Å². The van der Waals surface area contributed by atoms with E-state index >= 15 is 0 Å². The number of aromatic nitrogens is 2. The van der Waals surface area contributed by atoms with Crippen LogP contribution in [0.4, 0.5) is 0 Å². The predicted molar refractivity (Wildman–Crippen MR) is 38.6 cm³/mol. The Morgan fingerprint density at radius 2 is 2.30 bits per heavy atom.